The van der Waals surface area contributed by atoms with Gasteiger partial charge in [0.1, 0.15) is 11.9 Å². The van der Waals surface area contributed by atoms with E-state index in [0.717, 1.165) is 81.1 Å². The number of hydrogen-bond acceptors (Lipinski definition) is 5. The molecule has 0 unspecified atom stereocenters. The summed E-state index contributed by atoms with van der Waals surface area (Å²) in [6.45, 7) is 22.6. The summed E-state index contributed by atoms with van der Waals surface area (Å²) in [5.41, 5.74) is 1.72. The van der Waals surface area contributed by atoms with Crippen molar-refractivity contribution >= 4 is 28.9 Å². The fourth-order valence-electron chi connectivity index (χ4n) is 13.8. The first-order chi connectivity index (χ1) is 24.3. The molecule has 8 nitrogen and oxygen atoms in total. The number of rotatable bonds is 8. The molecule has 284 valence electrons. The molecule has 0 saturated heterocycles. The Balaban J connectivity index is 1.13. The molecule has 2 aromatic rings. The maximum atomic E-state index is 14.6. The van der Waals surface area contributed by atoms with Gasteiger partial charge in [0, 0.05) is 5.41 Å². The van der Waals surface area contributed by atoms with Crippen LogP contribution in [0.5, 0.6) is 0 Å². The van der Waals surface area contributed by atoms with Crippen molar-refractivity contribution in [2.24, 2.45) is 62.1 Å². The van der Waals surface area contributed by atoms with Gasteiger partial charge in [0.2, 0.25) is 5.91 Å². The van der Waals surface area contributed by atoms with E-state index in [2.05, 4.69) is 58.4 Å². The maximum absolute atomic E-state index is 14.6. The lowest BCUT2D eigenvalue weighted by Crippen LogP contribution is -2.67. The van der Waals surface area contributed by atoms with Gasteiger partial charge in [-0.05, 0) is 143 Å². The lowest BCUT2D eigenvalue weighted by atomic mass is 9.32. The van der Waals surface area contributed by atoms with E-state index in [1.165, 1.54) is 5.57 Å². The number of esters is 1. The van der Waals surface area contributed by atoms with Gasteiger partial charge >= 0.3 is 11.9 Å². The molecule has 5 aliphatic carbocycles. The number of carbonyl (C=O) groups excluding carboxylic acids is 2. The van der Waals surface area contributed by atoms with Gasteiger partial charge in [-0.1, -0.05) is 58.9 Å². The molecular weight excluding hydrogens is 651 g/mol. The molecule has 7 rings (SSSR count). The lowest BCUT2D eigenvalue weighted by molar-refractivity contribution is -0.249. The minimum atomic E-state index is -1.15. The molecule has 52 heavy (non-hydrogen) atoms. The van der Waals surface area contributed by atoms with E-state index >= 15 is 0 Å². The van der Waals surface area contributed by atoms with Crippen molar-refractivity contribution in [2.75, 3.05) is 0 Å². The van der Waals surface area contributed by atoms with Gasteiger partial charge in [-0.15, -0.1) is 0 Å². The maximum Gasteiger partial charge on any atom is 0.309 e. The van der Waals surface area contributed by atoms with E-state index in [1.54, 1.807) is 13.8 Å². The summed E-state index contributed by atoms with van der Waals surface area (Å²) in [7, 11) is 0. The van der Waals surface area contributed by atoms with Crippen LogP contribution < -0.4 is 5.32 Å². The van der Waals surface area contributed by atoms with Crippen molar-refractivity contribution in [1.29, 1.82) is 0 Å². The molecule has 1 amide bonds. The number of allylic oxidation sites excluding steroid dienone is 1. The van der Waals surface area contributed by atoms with Gasteiger partial charge < -0.3 is 20.1 Å². The van der Waals surface area contributed by atoms with Crippen molar-refractivity contribution < 1.29 is 24.2 Å². The van der Waals surface area contributed by atoms with Crippen molar-refractivity contribution in [3.63, 3.8) is 0 Å². The summed E-state index contributed by atoms with van der Waals surface area (Å²) >= 11 is 0. The summed E-state index contributed by atoms with van der Waals surface area (Å²) < 4.78 is 6.18. The van der Waals surface area contributed by atoms with Crippen LogP contribution in [-0.4, -0.2) is 39.0 Å². The monoisotopic (exact) mass is 713 g/mol. The van der Waals surface area contributed by atoms with Crippen molar-refractivity contribution in [2.45, 2.75) is 139 Å². The van der Waals surface area contributed by atoms with Crippen molar-refractivity contribution in [3.8, 4) is 0 Å². The highest BCUT2D eigenvalue weighted by Gasteiger charge is 2.72. The van der Waals surface area contributed by atoms with Gasteiger partial charge in [-0.25, -0.2) is 4.98 Å². The molecule has 5 aliphatic rings. The highest BCUT2D eigenvalue weighted by molar-refractivity contribution is 5.84. The van der Waals surface area contributed by atoms with Crippen LogP contribution in [0, 0.1) is 62.1 Å². The van der Waals surface area contributed by atoms with Crippen LogP contribution in [0.4, 0.5) is 0 Å². The van der Waals surface area contributed by atoms with Crippen LogP contribution in [-0.2, 0) is 25.7 Å². The Hall–Kier alpha value is -3.16. The van der Waals surface area contributed by atoms with E-state index in [9.17, 15) is 19.5 Å². The number of para-hydroxylation sites is 2. The average molecular weight is 714 g/mol. The Morgan fingerprint density at radius 3 is 2.37 bits per heavy atom. The lowest BCUT2D eigenvalue weighted by Gasteiger charge is -2.72. The zero-order chi connectivity index (χ0) is 37.6. The normalized spacial score (nSPS) is 39.4. The summed E-state index contributed by atoms with van der Waals surface area (Å²) in [5, 5.41) is 13.0. The zero-order valence-corrected chi connectivity index (χ0v) is 33.0. The van der Waals surface area contributed by atoms with E-state index in [-0.39, 0.29) is 51.4 Å². The van der Waals surface area contributed by atoms with Gasteiger partial charge in [0.15, 0.2) is 0 Å². The molecule has 3 N–H and O–H groups in total. The minimum Gasteiger partial charge on any atom is -0.481 e. The minimum absolute atomic E-state index is 0.102. The molecule has 1 heterocycles. The smallest absolute Gasteiger partial charge is 0.309 e. The number of aromatic amines is 1. The van der Waals surface area contributed by atoms with Crippen molar-refractivity contribution in [3.05, 3.63) is 42.2 Å². The molecule has 0 spiro atoms. The molecule has 0 aliphatic heterocycles. The van der Waals surface area contributed by atoms with Gasteiger partial charge in [-0.2, -0.15) is 0 Å². The second-order valence-corrected chi connectivity index (χ2v) is 19.9. The second-order valence-electron chi connectivity index (χ2n) is 19.9. The molecule has 5 saturated carbocycles. The van der Waals surface area contributed by atoms with Gasteiger partial charge in [0.05, 0.1) is 34.8 Å². The Morgan fingerprint density at radius 2 is 1.67 bits per heavy atom. The van der Waals surface area contributed by atoms with Crippen LogP contribution in [0.1, 0.15) is 132 Å². The predicted octanol–water partition coefficient (Wildman–Crippen LogP) is 9.25. The number of carboxylic acid groups (broad SMARTS) is 1. The number of carboxylic acids is 1. The number of carbonyl (C=O) groups is 3. The summed E-state index contributed by atoms with van der Waals surface area (Å²) in [6.07, 6.45) is 9.92. The number of fused-ring (bicyclic) bond motifs is 8. The number of imidazole rings is 1. The summed E-state index contributed by atoms with van der Waals surface area (Å²) in [4.78, 5) is 47.6. The van der Waals surface area contributed by atoms with Crippen LogP contribution in [0.25, 0.3) is 11.0 Å². The van der Waals surface area contributed by atoms with E-state index in [4.69, 9.17) is 9.72 Å². The van der Waals surface area contributed by atoms with Gasteiger partial charge in [0.25, 0.3) is 0 Å². The Morgan fingerprint density at radius 1 is 0.942 bits per heavy atom. The van der Waals surface area contributed by atoms with Crippen LogP contribution in [0.3, 0.4) is 0 Å². The number of nitrogens with one attached hydrogen (secondary N) is 2. The van der Waals surface area contributed by atoms with Crippen LogP contribution in [0.15, 0.2) is 36.4 Å². The van der Waals surface area contributed by atoms with Crippen LogP contribution in [0.2, 0.25) is 0 Å². The molecule has 5 fully saturated rings. The topological polar surface area (TPSA) is 121 Å². The number of ether oxygens (including phenoxy) is 1. The number of nitrogens with zero attached hydrogens (tertiary/aromatic N) is 1. The third-order valence-corrected chi connectivity index (χ3v) is 16.8. The molecule has 0 bridgehead atoms. The number of amides is 1. The first-order valence-corrected chi connectivity index (χ1v) is 20.1. The average Bonchev–Trinajstić information content (AvgIpc) is 3.67. The van der Waals surface area contributed by atoms with Gasteiger partial charge in [-0.3, -0.25) is 14.4 Å². The molecule has 0 radical (unpaired) electrons. The summed E-state index contributed by atoms with van der Waals surface area (Å²) in [6, 6.07) is 8.01. The Bertz CT molecular complexity index is 1740. The Labute approximate surface area is 310 Å². The number of benzene rings is 1. The first kappa shape index (κ1) is 37.2. The largest absolute Gasteiger partial charge is 0.481 e. The highest BCUT2D eigenvalue weighted by atomic mass is 16.5. The molecular formula is C44H63N3O5. The Kier molecular flexibility index (Phi) is 8.89. The predicted molar refractivity (Wildman–Crippen MR) is 203 cm³/mol. The fourth-order valence-corrected chi connectivity index (χ4v) is 13.8. The number of H-pyrrole nitrogens is 1. The number of aliphatic carboxylic acids is 1. The van der Waals surface area contributed by atoms with E-state index < -0.39 is 17.4 Å². The summed E-state index contributed by atoms with van der Waals surface area (Å²) in [5.74, 6) is 1.64. The highest BCUT2D eigenvalue weighted by Crippen LogP contribution is 2.77. The number of aromatic nitrogens is 2. The third-order valence-electron chi connectivity index (χ3n) is 16.8. The van der Waals surface area contributed by atoms with E-state index in [1.807, 2.05) is 24.3 Å². The molecule has 10 atom stereocenters. The fraction of sp³-hybridized carbons (Fsp3) is 0.727. The van der Waals surface area contributed by atoms with Crippen molar-refractivity contribution in [1.82, 2.24) is 15.3 Å². The standard InChI is InChI=1S/C44H63N3O5/c1-26(2)27-16-21-44(37(49)45-25-34-46-29-12-10-11-13-30(29)47-34)23-22-42(8)28(36(27)44)14-15-32-41(7)19-18-33(52-35(48)24-39(3,4)38(50)51)40(5,6)31(41)17-20-43(32,42)9/h10-13,27-28,31-33,36H,1,14-25H2,2-9H3,(H,45,49)(H,46,47)(H,50,51)/t27-,28+,31-,32+,33-,36+,41-,42+,43+,44-/m0/s1. The van der Waals surface area contributed by atoms with Crippen LogP contribution >= 0.6 is 0 Å². The third kappa shape index (κ3) is 5.41. The second kappa shape index (κ2) is 12.4. The molecule has 1 aromatic heterocycles. The SMILES string of the molecule is C=C(C)[C@@H]1CC[C@]2(C(=O)NCc3nc4ccccc4[nH]3)CC[C@]3(C)[C@H](CC[C@@H]4[C@@]5(C)CC[C@H](OC(=O)CC(C)(C)C(=O)O)C(C)(C)[C@@H]5CC[C@]43C)[C@@H]12. The first-order valence-electron chi connectivity index (χ1n) is 20.1. The quantitative estimate of drug-likeness (QED) is 0.185. The molecule has 1 aromatic carbocycles. The van der Waals surface area contributed by atoms with E-state index in [0.29, 0.717) is 30.2 Å². The number of hydrogen-bond donors (Lipinski definition) is 3. The zero-order valence-electron chi connectivity index (χ0n) is 33.0. The molecule has 8 heteroatoms.